The molecular weight excluding hydrogens is 133 g/mol. The standard InChI is InChI=1S/C2H2Cl2.2FH/c3-1-2-4;;/h1-2H;2*1H. The Balaban J connectivity index is -0.0000000450. The minimum atomic E-state index is 0. The highest BCUT2D eigenvalue weighted by Gasteiger charge is 1.40. The van der Waals surface area contributed by atoms with E-state index >= 15 is 0 Å². The molecule has 0 rings (SSSR count). The second-order valence-corrected chi connectivity index (χ2v) is 0.756. The maximum atomic E-state index is 4.87. The third kappa shape index (κ3) is 30.4. The lowest BCUT2D eigenvalue weighted by Crippen LogP contribution is -1.11. The number of rotatable bonds is 0. The van der Waals surface area contributed by atoms with Gasteiger partial charge in [0.05, 0.1) is 0 Å². The monoisotopic (exact) mass is 136 g/mol. The Bertz CT molecular complexity index is 24.7. The van der Waals surface area contributed by atoms with E-state index in [0.29, 0.717) is 0 Å². The predicted molar refractivity (Wildman–Crippen MR) is 25.9 cm³/mol. The lowest BCUT2D eigenvalue weighted by atomic mass is 11.3. The van der Waals surface area contributed by atoms with Gasteiger partial charge in [-0.05, 0) is 0 Å². The molecule has 0 bridgehead atoms. The molecule has 0 aromatic heterocycles. The molecule has 0 aliphatic rings. The first-order valence-corrected chi connectivity index (χ1v) is 1.64. The minimum Gasteiger partial charge on any atom is -0.269 e. The summed E-state index contributed by atoms with van der Waals surface area (Å²) in [7, 11) is 0. The smallest absolute Gasteiger partial charge is 0.0156 e. The molecule has 0 saturated carbocycles. The fourth-order valence-corrected chi connectivity index (χ4v) is 0. The van der Waals surface area contributed by atoms with Gasteiger partial charge in [0.15, 0.2) is 0 Å². The van der Waals surface area contributed by atoms with Gasteiger partial charge in [0.1, 0.15) is 0 Å². The molecule has 0 nitrogen and oxygen atoms in total. The van der Waals surface area contributed by atoms with E-state index in [9.17, 15) is 0 Å². The van der Waals surface area contributed by atoms with Crippen LogP contribution in [0.4, 0.5) is 9.41 Å². The van der Waals surface area contributed by atoms with Gasteiger partial charge in [0.2, 0.25) is 0 Å². The normalized spacial score (nSPS) is 6.33. The van der Waals surface area contributed by atoms with Crippen LogP contribution in [0.3, 0.4) is 0 Å². The number of hydrogen-bond donors (Lipinski definition) is 0. The van der Waals surface area contributed by atoms with Crippen LogP contribution in [-0.2, 0) is 0 Å². The molecule has 0 atom stereocenters. The Labute approximate surface area is 44.5 Å². The van der Waals surface area contributed by atoms with Crippen LogP contribution in [0.5, 0.6) is 0 Å². The summed E-state index contributed by atoms with van der Waals surface area (Å²) < 4.78 is 0. The maximum Gasteiger partial charge on any atom is 0.0156 e. The second kappa shape index (κ2) is 19.0. The number of hydrogen-bond acceptors (Lipinski definition) is 0. The summed E-state index contributed by atoms with van der Waals surface area (Å²) in [6.45, 7) is 0. The summed E-state index contributed by atoms with van der Waals surface area (Å²) in [5.74, 6) is 0. The highest BCUT2D eigenvalue weighted by Crippen LogP contribution is 1.78. The third-order valence-corrected chi connectivity index (χ3v) is 0.429. The van der Waals surface area contributed by atoms with Crippen LogP contribution in [0.15, 0.2) is 11.1 Å². The van der Waals surface area contributed by atoms with Gasteiger partial charge >= 0.3 is 0 Å². The van der Waals surface area contributed by atoms with Crippen molar-refractivity contribution in [1.29, 1.82) is 0 Å². The van der Waals surface area contributed by atoms with Crippen LogP contribution >= 0.6 is 23.2 Å². The van der Waals surface area contributed by atoms with Crippen molar-refractivity contribution in [2.45, 2.75) is 0 Å². The van der Waals surface area contributed by atoms with Crippen molar-refractivity contribution in [3.05, 3.63) is 11.1 Å². The molecule has 0 saturated heterocycles. The van der Waals surface area contributed by atoms with E-state index in [1.54, 1.807) is 0 Å². The first-order chi connectivity index (χ1) is 1.91. The molecule has 0 aliphatic carbocycles. The first kappa shape index (κ1) is 16.4. The Kier molecular flexibility index (Phi) is 52.0. The lowest BCUT2D eigenvalue weighted by molar-refractivity contribution is 1.11. The van der Waals surface area contributed by atoms with E-state index in [-0.39, 0.29) is 9.41 Å². The second-order valence-electron chi connectivity index (χ2n) is 0.252. The van der Waals surface area contributed by atoms with Crippen LogP contribution in [0.25, 0.3) is 0 Å². The van der Waals surface area contributed by atoms with Crippen LogP contribution in [0.2, 0.25) is 0 Å². The molecule has 0 N–H and O–H groups in total. The zero-order valence-electron chi connectivity index (χ0n) is 2.73. The van der Waals surface area contributed by atoms with E-state index in [2.05, 4.69) is 0 Å². The van der Waals surface area contributed by atoms with Gasteiger partial charge in [-0.25, -0.2) is 0 Å². The van der Waals surface area contributed by atoms with Gasteiger partial charge in [0, 0.05) is 11.1 Å². The fourth-order valence-electron chi connectivity index (χ4n) is 0. The van der Waals surface area contributed by atoms with E-state index in [1.165, 1.54) is 11.1 Å². The Morgan fingerprint density at radius 2 is 1.00 bits per heavy atom. The zero-order chi connectivity index (χ0) is 3.41. The summed E-state index contributed by atoms with van der Waals surface area (Å²) in [5.41, 5.74) is 2.48. The molecule has 0 unspecified atom stereocenters. The molecule has 0 aromatic carbocycles. The van der Waals surface area contributed by atoms with Crippen molar-refractivity contribution in [2.24, 2.45) is 0 Å². The van der Waals surface area contributed by atoms with Gasteiger partial charge in [-0.3, -0.25) is 9.41 Å². The van der Waals surface area contributed by atoms with Crippen molar-refractivity contribution in [2.75, 3.05) is 0 Å². The van der Waals surface area contributed by atoms with Crippen LogP contribution in [-0.4, -0.2) is 0 Å². The number of halogens is 4. The molecule has 0 aromatic rings. The van der Waals surface area contributed by atoms with Crippen molar-refractivity contribution in [3.63, 3.8) is 0 Å². The van der Waals surface area contributed by atoms with Crippen molar-refractivity contribution in [1.82, 2.24) is 0 Å². The SMILES string of the molecule is ClC=CCl.F.F. The van der Waals surface area contributed by atoms with Gasteiger partial charge < -0.3 is 0 Å². The van der Waals surface area contributed by atoms with Gasteiger partial charge in [-0.1, -0.05) is 23.2 Å². The largest absolute Gasteiger partial charge is 0.269 e. The zero-order valence-corrected chi connectivity index (χ0v) is 4.24. The van der Waals surface area contributed by atoms with Gasteiger partial charge in [-0.15, -0.1) is 0 Å². The summed E-state index contributed by atoms with van der Waals surface area (Å²) >= 11 is 9.75. The highest BCUT2D eigenvalue weighted by atomic mass is 35.5. The molecule has 4 heteroatoms. The molecule has 0 amide bonds. The first-order valence-electron chi connectivity index (χ1n) is 0.770. The predicted octanol–water partition coefficient (Wildman–Crippen LogP) is 2.24. The topological polar surface area (TPSA) is 0 Å². The van der Waals surface area contributed by atoms with Crippen LogP contribution in [0, 0.1) is 0 Å². The maximum absolute atomic E-state index is 4.87. The Hall–Kier alpha value is 0.180. The quantitative estimate of drug-likeness (QED) is 0.480. The average molecular weight is 137 g/mol. The van der Waals surface area contributed by atoms with E-state index in [0.717, 1.165) is 0 Å². The average Bonchev–Trinajstić information content (AvgIpc) is 1.37. The summed E-state index contributed by atoms with van der Waals surface area (Å²) in [4.78, 5) is 0. The third-order valence-electron chi connectivity index (χ3n) is 0.0476. The van der Waals surface area contributed by atoms with E-state index < -0.39 is 0 Å². The van der Waals surface area contributed by atoms with Crippen LogP contribution < -0.4 is 0 Å². The van der Waals surface area contributed by atoms with Gasteiger partial charge in [0.25, 0.3) is 0 Å². The van der Waals surface area contributed by atoms with Crippen molar-refractivity contribution < 1.29 is 9.41 Å². The summed E-state index contributed by atoms with van der Waals surface area (Å²) in [5, 5.41) is 0. The fraction of sp³-hybridized carbons (Fsp3) is 0. The Morgan fingerprint density at radius 1 is 0.833 bits per heavy atom. The molecule has 0 spiro atoms. The van der Waals surface area contributed by atoms with Crippen molar-refractivity contribution >= 4 is 23.2 Å². The molecule has 0 heterocycles. The summed E-state index contributed by atoms with van der Waals surface area (Å²) in [6, 6.07) is 0. The Morgan fingerprint density at radius 3 is 1.00 bits per heavy atom. The summed E-state index contributed by atoms with van der Waals surface area (Å²) in [6.07, 6.45) is 0. The van der Waals surface area contributed by atoms with Crippen LogP contribution in [0.1, 0.15) is 0 Å². The molecule has 0 aliphatic heterocycles. The minimum absolute atomic E-state index is 0. The lowest BCUT2D eigenvalue weighted by Gasteiger charge is -1.44. The van der Waals surface area contributed by atoms with E-state index in [1.807, 2.05) is 0 Å². The molecule has 0 radical (unpaired) electrons. The molecule has 6 heavy (non-hydrogen) atoms. The van der Waals surface area contributed by atoms with E-state index in [4.69, 9.17) is 23.2 Å². The van der Waals surface area contributed by atoms with Crippen molar-refractivity contribution in [3.8, 4) is 0 Å². The van der Waals surface area contributed by atoms with Gasteiger partial charge in [-0.2, -0.15) is 0 Å². The molecular formula is C2H4Cl2F2. The molecule has 40 valence electrons. The molecule has 0 fully saturated rings. The highest BCUT2D eigenvalue weighted by molar-refractivity contribution is 6.33.